The molecular weight excluding hydrogens is 346 g/mol. The van der Waals surface area contributed by atoms with Crippen LogP contribution in [-0.2, 0) is 28.9 Å². The highest BCUT2D eigenvalue weighted by atomic mass is 32.1. The van der Waals surface area contributed by atoms with Gasteiger partial charge in [0.15, 0.2) is 6.61 Å². The second-order valence-electron chi connectivity index (χ2n) is 6.52. The van der Waals surface area contributed by atoms with E-state index in [4.69, 9.17) is 4.74 Å². The van der Waals surface area contributed by atoms with Crippen LogP contribution in [0.2, 0.25) is 0 Å². The van der Waals surface area contributed by atoms with E-state index in [1.54, 1.807) is 23.3 Å². The van der Waals surface area contributed by atoms with Crippen molar-refractivity contribution in [1.29, 1.82) is 0 Å². The monoisotopic (exact) mass is 365 g/mol. The van der Waals surface area contributed by atoms with Crippen molar-refractivity contribution in [3.63, 3.8) is 0 Å². The number of hydrogen-bond donors (Lipinski definition) is 0. The summed E-state index contributed by atoms with van der Waals surface area (Å²) < 4.78 is 5.31. The minimum absolute atomic E-state index is 0.210. The molecule has 4 rings (SSSR count). The Hall–Kier alpha value is -2.66. The summed E-state index contributed by atoms with van der Waals surface area (Å²) in [5, 5.41) is 4.06. The summed E-state index contributed by atoms with van der Waals surface area (Å²) in [5.74, 6) is -0.656. The van der Waals surface area contributed by atoms with Crippen LogP contribution in [0.5, 0.6) is 0 Å². The molecule has 1 amide bonds. The molecule has 0 N–H and O–H groups in total. The molecule has 0 atom stereocenters. The Morgan fingerprint density at radius 1 is 1.08 bits per heavy atom. The van der Waals surface area contributed by atoms with Crippen molar-refractivity contribution in [2.24, 2.45) is 0 Å². The van der Waals surface area contributed by atoms with E-state index in [2.05, 4.69) is 6.07 Å². The van der Waals surface area contributed by atoms with Crippen molar-refractivity contribution < 1.29 is 14.3 Å². The van der Waals surface area contributed by atoms with Crippen molar-refractivity contribution in [1.82, 2.24) is 4.90 Å². The van der Waals surface area contributed by atoms with Crippen LogP contribution in [0.3, 0.4) is 0 Å². The van der Waals surface area contributed by atoms with Crippen molar-refractivity contribution in [3.05, 3.63) is 69.4 Å². The largest absolute Gasteiger partial charge is 0.452 e. The zero-order valence-corrected chi connectivity index (χ0v) is 15.3. The molecule has 0 spiro atoms. The van der Waals surface area contributed by atoms with Gasteiger partial charge in [0.2, 0.25) is 0 Å². The van der Waals surface area contributed by atoms with Crippen LogP contribution in [0.4, 0.5) is 0 Å². The number of benzene rings is 2. The first-order valence-electron chi connectivity index (χ1n) is 8.60. The van der Waals surface area contributed by atoms with E-state index in [1.165, 1.54) is 16.5 Å². The number of carbonyl (C=O) groups is 2. The fourth-order valence-electron chi connectivity index (χ4n) is 3.46. The number of amides is 1. The zero-order valence-electron chi connectivity index (χ0n) is 14.5. The Kier molecular flexibility index (Phi) is 4.47. The van der Waals surface area contributed by atoms with Crippen molar-refractivity contribution in [3.8, 4) is 0 Å². The number of thiophene rings is 1. The first-order chi connectivity index (χ1) is 12.6. The topological polar surface area (TPSA) is 46.6 Å². The fraction of sp³-hybridized carbons (Fsp3) is 0.238. The molecule has 3 aromatic rings. The molecule has 0 unspecified atom stereocenters. The number of aryl methyl sites for hydroxylation is 2. The van der Waals surface area contributed by atoms with E-state index in [-0.39, 0.29) is 12.5 Å². The van der Waals surface area contributed by atoms with Crippen LogP contribution in [0.1, 0.15) is 26.4 Å². The average molecular weight is 365 g/mol. The van der Waals surface area contributed by atoms with Gasteiger partial charge in [-0.3, -0.25) is 4.79 Å². The van der Waals surface area contributed by atoms with Gasteiger partial charge < -0.3 is 9.64 Å². The Bertz CT molecular complexity index is 968. The van der Waals surface area contributed by atoms with Crippen molar-refractivity contribution >= 4 is 34.0 Å². The summed E-state index contributed by atoms with van der Waals surface area (Å²) in [6, 6.07) is 13.8. The molecule has 0 saturated heterocycles. The van der Waals surface area contributed by atoms with Crippen LogP contribution in [-0.4, -0.2) is 30.4 Å². The maximum absolute atomic E-state index is 12.6. The SMILES string of the molecule is CN(Cc1cccs1)C(=O)COC(=O)c1ccc2c3c(cccc13)CC2. The van der Waals surface area contributed by atoms with E-state index >= 15 is 0 Å². The number of esters is 1. The van der Waals surface area contributed by atoms with Crippen LogP contribution in [0.25, 0.3) is 10.8 Å². The van der Waals surface area contributed by atoms with E-state index in [9.17, 15) is 9.59 Å². The molecule has 5 heteroatoms. The molecular formula is C21H19NO3S. The van der Waals surface area contributed by atoms with Gasteiger partial charge in [0.05, 0.1) is 12.1 Å². The summed E-state index contributed by atoms with van der Waals surface area (Å²) in [6.45, 7) is 0.276. The molecule has 0 aliphatic heterocycles. The zero-order chi connectivity index (χ0) is 18.1. The van der Waals surface area contributed by atoms with Gasteiger partial charge in [-0.25, -0.2) is 4.79 Å². The Labute approximate surface area is 156 Å². The Balaban J connectivity index is 1.46. The predicted molar refractivity (Wildman–Crippen MR) is 102 cm³/mol. The first-order valence-corrected chi connectivity index (χ1v) is 9.48. The highest BCUT2D eigenvalue weighted by Crippen LogP contribution is 2.33. The van der Waals surface area contributed by atoms with Crippen LogP contribution >= 0.6 is 11.3 Å². The number of rotatable bonds is 5. The van der Waals surface area contributed by atoms with Gasteiger partial charge in [-0.15, -0.1) is 11.3 Å². The summed E-state index contributed by atoms with van der Waals surface area (Å²) in [6.07, 6.45) is 2.02. The number of nitrogens with zero attached hydrogens (tertiary/aromatic N) is 1. The molecule has 4 nitrogen and oxygen atoms in total. The van der Waals surface area contributed by atoms with E-state index in [0.29, 0.717) is 12.1 Å². The minimum Gasteiger partial charge on any atom is -0.452 e. The molecule has 1 aliphatic rings. The van der Waals surface area contributed by atoms with Gasteiger partial charge in [-0.1, -0.05) is 30.3 Å². The summed E-state index contributed by atoms with van der Waals surface area (Å²) >= 11 is 1.60. The molecule has 2 aromatic carbocycles. The molecule has 26 heavy (non-hydrogen) atoms. The lowest BCUT2D eigenvalue weighted by atomic mass is 10.00. The number of carbonyl (C=O) groups excluding carboxylic acids is 2. The van der Waals surface area contributed by atoms with Gasteiger partial charge in [-0.05, 0) is 52.3 Å². The molecule has 0 saturated carbocycles. The summed E-state index contributed by atoms with van der Waals surface area (Å²) in [7, 11) is 1.72. The van der Waals surface area contributed by atoms with Crippen LogP contribution < -0.4 is 0 Å². The second kappa shape index (κ2) is 6.92. The quantitative estimate of drug-likeness (QED) is 0.646. The van der Waals surface area contributed by atoms with Gasteiger partial charge in [0.25, 0.3) is 5.91 Å². The van der Waals surface area contributed by atoms with Gasteiger partial charge >= 0.3 is 5.97 Å². The van der Waals surface area contributed by atoms with Gasteiger partial charge in [0.1, 0.15) is 0 Å². The van der Waals surface area contributed by atoms with E-state index < -0.39 is 5.97 Å². The molecule has 0 radical (unpaired) electrons. The predicted octanol–water partition coefficient (Wildman–Crippen LogP) is 3.82. The fourth-order valence-corrected chi connectivity index (χ4v) is 4.22. The van der Waals surface area contributed by atoms with Gasteiger partial charge in [-0.2, -0.15) is 0 Å². The number of ether oxygens (including phenoxy) is 1. The molecule has 132 valence electrons. The third-order valence-electron chi connectivity index (χ3n) is 4.82. The lowest BCUT2D eigenvalue weighted by molar-refractivity contribution is -0.133. The Morgan fingerprint density at radius 3 is 2.65 bits per heavy atom. The summed E-state index contributed by atoms with van der Waals surface area (Å²) in [4.78, 5) is 27.5. The molecule has 1 heterocycles. The average Bonchev–Trinajstić information content (AvgIpc) is 3.31. The maximum Gasteiger partial charge on any atom is 0.339 e. The molecule has 0 fully saturated rings. The number of likely N-dealkylation sites (N-methyl/N-ethyl adjacent to an activating group) is 1. The standard InChI is InChI=1S/C21H19NO3S/c1-22(12-16-5-3-11-26-16)19(23)13-25-21(24)18-10-9-15-8-7-14-4-2-6-17(18)20(14)15/h2-6,9-11H,7-8,12-13H2,1H3. The number of hydrogen-bond acceptors (Lipinski definition) is 4. The highest BCUT2D eigenvalue weighted by Gasteiger charge is 2.20. The Morgan fingerprint density at radius 2 is 1.88 bits per heavy atom. The maximum atomic E-state index is 12.6. The lowest BCUT2D eigenvalue weighted by Crippen LogP contribution is -2.30. The summed E-state index contributed by atoms with van der Waals surface area (Å²) in [5.41, 5.74) is 3.08. The minimum atomic E-state index is -0.446. The van der Waals surface area contributed by atoms with Gasteiger partial charge in [0, 0.05) is 11.9 Å². The third-order valence-corrected chi connectivity index (χ3v) is 5.68. The van der Waals surface area contributed by atoms with Crippen LogP contribution in [0, 0.1) is 0 Å². The van der Waals surface area contributed by atoms with Crippen molar-refractivity contribution in [2.75, 3.05) is 13.7 Å². The third kappa shape index (κ3) is 3.10. The first kappa shape index (κ1) is 16.8. The van der Waals surface area contributed by atoms with E-state index in [0.717, 1.165) is 23.1 Å². The second-order valence-corrected chi connectivity index (χ2v) is 7.55. The smallest absolute Gasteiger partial charge is 0.339 e. The van der Waals surface area contributed by atoms with Crippen LogP contribution in [0.15, 0.2) is 47.8 Å². The molecule has 1 aromatic heterocycles. The molecule has 1 aliphatic carbocycles. The molecule has 0 bridgehead atoms. The lowest BCUT2D eigenvalue weighted by Gasteiger charge is -2.16. The van der Waals surface area contributed by atoms with Crippen molar-refractivity contribution in [2.45, 2.75) is 19.4 Å². The highest BCUT2D eigenvalue weighted by molar-refractivity contribution is 7.09. The van der Waals surface area contributed by atoms with E-state index in [1.807, 2.05) is 41.8 Å². The normalized spacial score (nSPS) is 12.3.